The lowest BCUT2D eigenvalue weighted by atomic mass is 9.95. The van der Waals surface area contributed by atoms with Gasteiger partial charge in [-0.3, -0.25) is 9.59 Å². The van der Waals surface area contributed by atoms with Gasteiger partial charge in [-0.2, -0.15) is 0 Å². The molecule has 34 heavy (non-hydrogen) atoms. The molecule has 1 saturated heterocycles. The predicted molar refractivity (Wildman–Crippen MR) is 133 cm³/mol. The zero-order valence-corrected chi connectivity index (χ0v) is 20.7. The largest absolute Gasteiger partial charge is 0.507 e. The molecule has 1 N–H and O–H groups in total. The third kappa shape index (κ3) is 5.79. The molecule has 0 aromatic heterocycles. The van der Waals surface area contributed by atoms with Crippen LogP contribution in [0.25, 0.3) is 5.76 Å². The Labute approximate surface area is 202 Å². The molecule has 2 aromatic rings. The number of aliphatic hydroxyl groups excluding tert-OH is 1. The van der Waals surface area contributed by atoms with Crippen LogP contribution in [-0.2, 0) is 9.59 Å². The zero-order chi connectivity index (χ0) is 24.8. The van der Waals surface area contributed by atoms with E-state index < -0.39 is 17.7 Å². The van der Waals surface area contributed by atoms with Crippen molar-refractivity contribution in [3.63, 3.8) is 0 Å². The van der Waals surface area contributed by atoms with Crippen molar-refractivity contribution in [2.45, 2.75) is 47.1 Å². The summed E-state index contributed by atoms with van der Waals surface area (Å²) in [5.74, 6) is 0.603. The Bertz CT molecular complexity index is 1040. The maximum Gasteiger partial charge on any atom is 0.295 e. The number of ketones is 1. The number of carbonyl (C=O) groups excluding carboxylic acids is 2. The second-order valence-corrected chi connectivity index (χ2v) is 9.50. The number of ether oxygens (including phenoxy) is 2. The molecule has 182 valence electrons. The summed E-state index contributed by atoms with van der Waals surface area (Å²) in [6, 6.07) is 13.7. The molecule has 2 aromatic carbocycles. The summed E-state index contributed by atoms with van der Waals surface area (Å²) in [4.78, 5) is 27.5. The monoisotopic (exact) mass is 465 g/mol. The summed E-state index contributed by atoms with van der Waals surface area (Å²) < 4.78 is 11.6. The molecule has 1 aliphatic heterocycles. The molecule has 1 atom stereocenters. The lowest BCUT2D eigenvalue weighted by Crippen LogP contribution is -2.30. The van der Waals surface area contributed by atoms with Crippen molar-refractivity contribution in [1.29, 1.82) is 0 Å². The molecule has 0 radical (unpaired) electrons. The Morgan fingerprint density at radius 3 is 2.15 bits per heavy atom. The number of aliphatic hydroxyl groups is 1. The highest BCUT2D eigenvalue weighted by Gasteiger charge is 2.45. The van der Waals surface area contributed by atoms with Gasteiger partial charge in [-0.05, 0) is 48.1 Å². The van der Waals surface area contributed by atoms with Crippen LogP contribution >= 0.6 is 0 Å². The topological polar surface area (TPSA) is 76.1 Å². The van der Waals surface area contributed by atoms with Crippen molar-refractivity contribution in [3.05, 3.63) is 65.2 Å². The van der Waals surface area contributed by atoms with Crippen LogP contribution in [0.5, 0.6) is 11.5 Å². The Morgan fingerprint density at radius 2 is 1.56 bits per heavy atom. The average molecular weight is 466 g/mol. The molecule has 0 spiro atoms. The van der Waals surface area contributed by atoms with Gasteiger partial charge in [-0.25, -0.2) is 0 Å². The fourth-order valence-electron chi connectivity index (χ4n) is 3.86. The minimum Gasteiger partial charge on any atom is -0.507 e. The number of benzene rings is 2. The predicted octanol–water partition coefficient (Wildman–Crippen LogP) is 5.59. The molecule has 1 aliphatic rings. The van der Waals surface area contributed by atoms with E-state index >= 15 is 0 Å². The Morgan fingerprint density at radius 1 is 0.941 bits per heavy atom. The van der Waals surface area contributed by atoms with Crippen molar-refractivity contribution < 1.29 is 24.2 Å². The van der Waals surface area contributed by atoms with E-state index in [1.165, 1.54) is 4.90 Å². The second-order valence-electron chi connectivity index (χ2n) is 9.50. The number of nitrogens with zero attached hydrogens (tertiary/aromatic N) is 1. The minimum atomic E-state index is -0.676. The third-order valence-corrected chi connectivity index (χ3v) is 5.47. The van der Waals surface area contributed by atoms with Gasteiger partial charge in [0.25, 0.3) is 11.7 Å². The molecule has 1 heterocycles. The van der Waals surface area contributed by atoms with E-state index in [0.29, 0.717) is 49.3 Å². The van der Waals surface area contributed by atoms with Crippen LogP contribution in [0.3, 0.4) is 0 Å². The molecule has 1 fully saturated rings. The van der Waals surface area contributed by atoms with Crippen LogP contribution in [0.1, 0.15) is 58.2 Å². The van der Waals surface area contributed by atoms with Crippen LogP contribution in [0.15, 0.2) is 54.1 Å². The number of rotatable bonds is 10. The molecule has 1 unspecified atom stereocenters. The van der Waals surface area contributed by atoms with Crippen molar-refractivity contribution in [2.24, 2.45) is 11.8 Å². The Balaban J connectivity index is 2.01. The summed E-state index contributed by atoms with van der Waals surface area (Å²) in [7, 11) is 0. The summed E-state index contributed by atoms with van der Waals surface area (Å²) in [5, 5.41) is 11.2. The van der Waals surface area contributed by atoms with Gasteiger partial charge >= 0.3 is 0 Å². The molecule has 3 rings (SSSR count). The second kappa shape index (κ2) is 11.2. The van der Waals surface area contributed by atoms with Gasteiger partial charge in [0.2, 0.25) is 0 Å². The first-order chi connectivity index (χ1) is 16.2. The highest BCUT2D eigenvalue weighted by Crippen LogP contribution is 2.40. The van der Waals surface area contributed by atoms with Crippen molar-refractivity contribution in [2.75, 3.05) is 19.8 Å². The van der Waals surface area contributed by atoms with Gasteiger partial charge in [-0.1, -0.05) is 58.9 Å². The van der Waals surface area contributed by atoms with Gasteiger partial charge in [0.05, 0.1) is 24.8 Å². The first-order valence-electron chi connectivity index (χ1n) is 12.0. The molecule has 1 amide bonds. The van der Waals surface area contributed by atoms with E-state index in [4.69, 9.17) is 9.47 Å². The van der Waals surface area contributed by atoms with Crippen LogP contribution in [0, 0.1) is 11.8 Å². The first kappa shape index (κ1) is 25.3. The van der Waals surface area contributed by atoms with E-state index in [0.717, 1.165) is 11.3 Å². The number of carbonyl (C=O) groups is 2. The highest BCUT2D eigenvalue weighted by molar-refractivity contribution is 6.46. The average Bonchev–Trinajstić information content (AvgIpc) is 3.06. The van der Waals surface area contributed by atoms with E-state index in [9.17, 15) is 14.7 Å². The van der Waals surface area contributed by atoms with Crippen molar-refractivity contribution in [1.82, 2.24) is 4.90 Å². The fraction of sp³-hybridized carbons (Fsp3) is 0.429. The summed E-state index contributed by atoms with van der Waals surface area (Å²) in [6.45, 7) is 11.8. The van der Waals surface area contributed by atoms with Crippen LogP contribution in [0.4, 0.5) is 0 Å². The SMILES string of the molecule is CCCN1C(=O)C(=O)/C(=C(\O)c2cccc(OCC(C)C)c2)C1c1ccc(OCC(C)C)cc1. The Kier molecular flexibility index (Phi) is 8.37. The van der Waals surface area contributed by atoms with Gasteiger partial charge in [0, 0.05) is 12.1 Å². The van der Waals surface area contributed by atoms with Crippen LogP contribution < -0.4 is 9.47 Å². The summed E-state index contributed by atoms with van der Waals surface area (Å²) >= 11 is 0. The molecular formula is C28H35NO5. The maximum atomic E-state index is 13.1. The van der Waals surface area contributed by atoms with E-state index in [-0.39, 0.29) is 11.3 Å². The van der Waals surface area contributed by atoms with Gasteiger partial charge in [-0.15, -0.1) is 0 Å². The number of hydrogen-bond acceptors (Lipinski definition) is 5. The molecule has 0 aliphatic carbocycles. The van der Waals surface area contributed by atoms with Crippen molar-refractivity contribution >= 4 is 17.4 Å². The number of hydrogen-bond donors (Lipinski definition) is 1. The first-order valence-corrected chi connectivity index (χ1v) is 12.0. The minimum absolute atomic E-state index is 0.0929. The highest BCUT2D eigenvalue weighted by atomic mass is 16.5. The van der Waals surface area contributed by atoms with Crippen molar-refractivity contribution in [3.8, 4) is 11.5 Å². The number of amides is 1. The summed E-state index contributed by atoms with van der Waals surface area (Å²) in [5.41, 5.74) is 1.28. The number of Topliss-reactive ketones (excluding diaryl/α,β-unsaturated/α-hetero) is 1. The van der Waals surface area contributed by atoms with E-state index in [1.807, 2.05) is 37.3 Å². The quantitative estimate of drug-likeness (QED) is 0.281. The Hall–Kier alpha value is -3.28. The molecule has 6 heteroatoms. The zero-order valence-electron chi connectivity index (χ0n) is 20.7. The maximum absolute atomic E-state index is 13.1. The molecule has 0 bridgehead atoms. The summed E-state index contributed by atoms with van der Waals surface area (Å²) in [6.07, 6.45) is 0.692. The lowest BCUT2D eigenvalue weighted by molar-refractivity contribution is -0.139. The third-order valence-electron chi connectivity index (χ3n) is 5.47. The lowest BCUT2D eigenvalue weighted by Gasteiger charge is -2.25. The van der Waals surface area contributed by atoms with Gasteiger partial charge < -0.3 is 19.5 Å². The standard InChI is InChI=1S/C28H35NO5/c1-6-14-29-25(20-10-12-22(13-11-20)33-16-18(2)3)24(27(31)28(29)32)26(30)21-8-7-9-23(15-21)34-17-19(4)5/h7-13,15,18-19,25,30H,6,14,16-17H2,1-5H3/b26-24-. The normalized spacial score (nSPS) is 17.6. The van der Waals surface area contributed by atoms with Gasteiger partial charge in [0.1, 0.15) is 17.3 Å². The molecule has 6 nitrogen and oxygen atoms in total. The molecular weight excluding hydrogens is 430 g/mol. The van der Waals surface area contributed by atoms with E-state index in [1.54, 1.807) is 18.2 Å². The fourth-order valence-corrected chi connectivity index (χ4v) is 3.86. The molecule has 0 saturated carbocycles. The number of likely N-dealkylation sites (tertiary alicyclic amines) is 1. The van der Waals surface area contributed by atoms with Crippen LogP contribution in [-0.4, -0.2) is 41.5 Å². The van der Waals surface area contributed by atoms with Gasteiger partial charge in [0.15, 0.2) is 0 Å². The van der Waals surface area contributed by atoms with Crippen LogP contribution in [0.2, 0.25) is 0 Å². The van der Waals surface area contributed by atoms with E-state index in [2.05, 4.69) is 27.7 Å². The smallest absolute Gasteiger partial charge is 0.295 e.